The Morgan fingerprint density at radius 1 is 1.16 bits per heavy atom. The van der Waals surface area contributed by atoms with Gasteiger partial charge < -0.3 is 14.7 Å². The summed E-state index contributed by atoms with van der Waals surface area (Å²) < 4.78 is 16.6. The van der Waals surface area contributed by atoms with Gasteiger partial charge in [-0.2, -0.15) is 4.98 Å². The van der Waals surface area contributed by atoms with Gasteiger partial charge in [0.15, 0.2) is 5.65 Å². The third-order valence-electron chi connectivity index (χ3n) is 7.80. The van der Waals surface area contributed by atoms with Crippen molar-refractivity contribution >= 4 is 34.4 Å². The fourth-order valence-electron chi connectivity index (χ4n) is 5.79. The number of halogens is 2. The summed E-state index contributed by atoms with van der Waals surface area (Å²) in [6.45, 7) is 11.7. The minimum absolute atomic E-state index is 0.0903. The van der Waals surface area contributed by atoms with Gasteiger partial charge >= 0.3 is 5.69 Å². The van der Waals surface area contributed by atoms with Crippen LogP contribution in [0.5, 0.6) is 0 Å². The maximum absolute atomic E-state index is 15.1. The second kappa shape index (κ2) is 12.3. The second-order valence-electron chi connectivity index (χ2n) is 11.5. The number of hydrogen-bond acceptors (Lipinski definition) is 6. The largest absolute Gasteiger partial charge is 0.355 e. The van der Waals surface area contributed by atoms with Crippen molar-refractivity contribution in [3.63, 3.8) is 0 Å². The van der Waals surface area contributed by atoms with Crippen LogP contribution in [0.2, 0.25) is 5.02 Å². The molecule has 0 radical (unpaired) electrons. The lowest BCUT2D eigenvalue weighted by Gasteiger charge is -2.40. The predicted octanol–water partition coefficient (Wildman–Crippen LogP) is 5.65. The van der Waals surface area contributed by atoms with Crippen molar-refractivity contribution in [3.8, 4) is 16.9 Å². The van der Waals surface area contributed by atoms with Crippen LogP contribution in [0.25, 0.3) is 28.0 Å². The first-order valence-corrected chi connectivity index (χ1v) is 14.7. The molecule has 2 aromatic heterocycles. The van der Waals surface area contributed by atoms with Gasteiger partial charge in [0.05, 0.1) is 21.8 Å². The van der Waals surface area contributed by atoms with E-state index in [-0.39, 0.29) is 34.1 Å². The van der Waals surface area contributed by atoms with Gasteiger partial charge in [0.25, 0.3) is 0 Å². The zero-order chi connectivity index (χ0) is 31.0. The molecule has 224 valence electrons. The van der Waals surface area contributed by atoms with E-state index in [1.54, 1.807) is 33.7 Å². The Hall–Kier alpha value is -4.08. The van der Waals surface area contributed by atoms with Crippen LogP contribution in [-0.4, -0.2) is 70.0 Å². The molecule has 1 amide bonds. The molecule has 8 nitrogen and oxygen atoms in total. The molecule has 1 fully saturated rings. The van der Waals surface area contributed by atoms with Gasteiger partial charge in [-0.25, -0.2) is 18.7 Å². The Bertz CT molecular complexity index is 1770. The van der Waals surface area contributed by atoms with Crippen LogP contribution in [0, 0.1) is 5.82 Å². The van der Waals surface area contributed by atoms with Crippen molar-refractivity contribution in [3.05, 3.63) is 93.6 Å². The summed E-state index contributed by atoms with van der Waals surface area (Å²) in [6.07, 6.45) is 1.31. The zero-order valence-electron chi connectivity index (χ0n) is 25.1. The molecule has 1 aliphatic rings. The Morgan fingerprint density at radius 2 is 1.91 bits per heavy atom. The lowest BCUT2D eigenvalue weighted by atomic mass is 9.97. The first-order valence-electron chi connectivity index (χ1n) is 14.3. The number of carbonyl (C=O) groups is 1. The van der Waals surface area contributed by atoms with Crippen LogP contribution < -0.4 is 10.6 Å². The minimum Gasteiger partial charge on any atom is -0.350 e. The Balaban J connectivity index is 1.84. The van der Waals surface area contributed by atoms with Crippen LogP contribution in [0.3, 0.4) is 0 Å². The van der Waals surface area contributed by atoms with Gasteiger partial charge in [-0.05, 0) is 62.3 Å². The number of para-hydroxylation sites is 1. The first-order chi connectivity index (χ1) is 20.5. The summed E-state index contributed by atoms with van der Waals surface area (Å²) in [4.78, 5) is 41.9. The number of pyridine rings is 1. The van der Waals surface area contributed by atoms with Gasteiger partial charge in [0.2, 0.25) is 5.91 Å². The van der Waals surface area contributed by atoms with Crippen LogP contribution >= 0.6 is 11.6 Å². The number of anilines is 1. The lowest BCUT2D eigenvalue weighted by Crippen LogP contribution is -2.54. The third-order valence-corrected chi connectivity index (χ3v) is 8.09. The summed E-state index contributed by atoms with van der Waals surface area (Å²) in [5, 5.41) is 0.805. The molecular formula is C33H36ClFN6O2. The summed E-state index contributed by atoms with van der Waals surface area (Å²) in [5.41, 5.74) is 2.92. The molecule has 3 heterocycles. The first kappa shape index (κ1) is 30.4. The molecule has 2 aromatic carbocycles. The fourth-order valence-corrected chi connectivity index (χ4v) is 6.04. The van der Waals surface area contributed by atoms with Crippen LogP contribution in [-0.2, 0) is 11.3 Å². The molecule has 43 heavy (non-hydrogen) atoms. The standard InChI is InChI=1S/C33H36ClFN6O2/c1-7-28(42)39-15-16-40(21(4)18-39)31-25-17-26(34)29(24-12-8-9-14-27(24)35)36-32(25)41(33(43)37-31)30-22(19-38(5)6)11-10-13-23(30)20(2)3/h7-14,17,20-21H,1,15-16,18-19H2,2-6H3/t21-/m0/s1. The average Bonchev–Trinajstić information content (AvgIpc) is 2.96. The van der Waals surface area contributed by atoms with Crippen LogP contribution in [0.4, 0.5) is 10.2 Å². The molecule has 0 unspecified atom stereocenters. The van der Waals surface area contributed by atoms with Gasteiger partial charge in [-0.3, -0.25) is 4.79 Å². The smallest absolute Gasteiger partial charge is 0.350 e. The van der Waals surface area contributed by atoms with E-state index in [2.05, 4.69) is 25.4 Å². The number of benzene rings is 2. The molecule has 1 atom stereocenters. The molecular weight excluding hydrogens is 567 g/mol. The SMILES string of the molecule is C=CC(=O)N1CCN(c2nc(=O)n(-c3c(CN(C)C)cccc3C(C)C)c3nc(-c4ccccc4F)c(Cl)cc23)[C@@H](C)C1. The molecule has 1 saturated heterocycles. The molecule has 4 aromatic rings. The van der Waals surface area contributed by atoms with Crippen molar-refractivity contribution in [1.82, 2.24) is 24.3 Å². The molecule has 0 spiro atoms. The molecule has 1 aliphatic heterocycles. The van der Waals surface area contributed by atoms with Gasteiger partial charge in [-0.1, -0.05) is 62.4 Å². The van der Waals surface area contributed by atoms with Gasteiger partial charge in [0, 0.05) is 37.8 Å². The van der Waals surface area contributed by atoms with E-state index in [1.165, 1.54) is 12.1 Å². The lowest BCUT2D eigenvalue weighted by molar-refractivity contribution is -0.126. The predicted molar refractivity (Wildman–Crippen MR) is 171 cm³/mol. The highest BCUT2D eigenvalue weighted by molar-refractivity contribution is 6.33. The fraction of sp³-hybridized carbons (Fsp3) is 0.333. The molecule has 5 rings (SSSR count). The molecule has 0 aliphatic carbocycles. The normalized spacial score (nSPS) is 15.5. The number of nitrogens with zero attached hydrogens (tertiary/aromatic N) is 6. The van der Waals surface area contributed by atoms with Crippen molar-refractivity contribution in [2.75, 3.05) is 38.6 Å². The zero-order valence-corrected chi connectivity index (χ0v) is 25.9. The number of aromatic nitrogens is 3. The Labute approximate surface area is 256 Å². The summed E-state index contributed by atoms with van der Waals surface area (Å²) in [6, 6.07) is 13.9. The molecule has 0 N–H and O–H groups in total. The topological polar surface area (TPSA) is 74.6 Å². The highest BCUT2D eigenvalue weighted by Crippen LogP contribution is 2.36. The number of fused-ring (bicyclic) bond motifs is 1. The van der Waals surface area contributed by atoms with E-state index >= 15 is 4.39 Å². The van der Waals surface area contributed by atoms with Crippen molar-refractivity contribution in [2.24, 2.45) is 0 Å². The summed E-state index contributed by atoms with van der Waals surface area (Å²) in [7, 11) is 3.95. The quantitative estimate of drug-likeness (QED) is 0.255. The number of rotatable bonds is 7. The number of carbonyl (C=O) groups excluding carboxylic acids is 1. The van der Waals surface area contributed by atoms with Crippen LogP contribution in [0.1, 0.15) is 37.8 Å². The number of hydrogen-bond donors (Lipinski definition) is 0. The Kier molecular flexibility index (Phi) is 8.66. The Morgan fingerprint density at radius 3 is 2.56 bits per heavy atom. The third kappa shape index (κ3) is 5.79. The maximum Gasteiger partial charge on any atom is 0.355 e. The molecule has 0 bridgehead atoms. The van der Waals surface area contributed by atoms with Crippen molar-refractivity contribution in [1.29, 1.82) is 0 Å². The average molecular weight is 603 g/mol. The van der Waals surface area contributed by atoms with E-state index < -0.39 is 11.5 Å². The second-order valence-corrected chi connectivity index (χ2v) is 11.9. The molecule has 10 heteroatoms. The van der Waals surface area contributed by atoms with E-state index in [0.29, 0.717) is 48.7 Å². The van der Waals surface area contributed by atoms with Gasteiger partial charge in [-0.15, -0.1) is 0 Å². The highest BCUT2D eigenvalue weighted by atomic mass is 35.5. The minimum atomic E-state index is -0.498. The van der Waals surface area contributed by atoms with Gasteiger partial charge in [0.1, 0.15) is 11.6 Å². The van der Waals surface area contributed by atoms with E-state index in [1.807, 2.05) is 49.0 Å². The highest BCUT2D eigenvalue weighted by Gasteiger charge is 2.30. The van der Waals surface area contributed by atoms with Crippen molar-refractivity contribution in [2.45, 2.75) is 39.3 Å². The molecule has 0 saturated carbocycles. The number of amides is 1. The van der Waals surface area contributed by atoms with Crippen LogP contribution in [0.15, 0.2) is 66.0 Å². The number of piperazine rings is 1. The monoisotopic (exact) mass is 602 g/mol. The van der Waals surface area contributed by atoms with E-state index in [0.717, 1.165) is 11.1 Å². The summed E-state index contributed by atoms with van der Waals surface area (Å²) >= 11 is 6.83. The van der Waals surface area contributed by atoms with Crippen molar-refractivity contribution < 1.29 is 9.18 Å². The van der Waals surface area contributed by atoms with E-state index in [9.17, 15) is 9.59 Å². The maximum atomic E-state index is 15.1. The summed E-state index contributed by atoms with van der Waals surface area (Å²) in [5.74, 6) is -0.0858. The van der Waals surface area contributed by atoms with E-state index in [4.69, 9.17) is 16.6 Å².